The van der Waals surface area contributed by atoms with Crippen LogP contribution >= 0.6 is 0 Å². The molecule has 0 amide bonds. The minimum Gasteiger partial charge on any atom is -0.494 e. The highest BCUT2D eigenvalue weighted by Gasteiger charge is 2.18. The predicted octanol–water partition coefficient (Wildman–Crippen LogP) is 5.38. The van der Waals surface area contributed by atoms with Crippen LogP contribution in [0, 0.1) is 0 Å². The zero-order chi connectivity index (χ0) is 22.3. The molecule has 0 saturated heterocycles. The number of carbonyl (C=O) groups is 1. The van der Waals surface area contributed by atoms with E-state index in [2.05, 4.69) is 5.16 Å². The van der Waals surface area contributed by atoms with Gasteiger partial charge in [0.2, 0.25) is 0 Å². The summed E-state index contributed by atoms with van der Waals surface area (Å²) >= 11 is 0. The van der Waals surface area contributed by atoms with E-state index in [0.29, 0.717) is 25.4 Å². The van der Waals surface area contributed by atoms with Crippen LogP contribution in [0.5, 0.6) is 11.5 Å². The monoisotopic (exact) mass is 431 g/mol. The van der Waals surface area contributed by atoms with Crippen LogP contribution in [0.1, 0.15) is 25.2 Å². The molecule has 6 nitrogen and oxygen atoms in total. The maximum absolute atomic E-state index is 11.5. The van der Waals surface area contributed by atoms with Crippen molar-refractivity contribution in [2.45, 2.75) is 20.3 Å². The molecular formula is C26H25NO5. The molecule has 1 heterocycles. The van der Waals surface area contributed by atoms with Crippen molar-refractivity contribution in [2.24, 2.45) is 0 Å². The lowest BCUT2D eigenvalue weighted by atomic mass is 9.99. The highest BCUT2D eigenvalue weighted by atomic mass is 16.6. The summed E-state index contributed by atoms with van der Waals surface area (Å²) in [5, 5.41) is 4.41. The molecule has 164 valence electrons. The Balaban J connectivity index is 1.51. The van der Waals surface area contributed by atoms with Crippen molar-refractivity contribution in [3.8, 4) is 33.9 Å². The van der Waals surface area contributed by atoms with Gasteiger partial charge in [0.05, 0.1) is 13.2 Å². The van der Waals surface area contributed by atoms with Gasteiger partial charge in [-0.25, -0.2) is 4.79 Å². The van der Waals surface area contributed by atoms with Crippen molar-refractivity contribution in [3.05, 3.63) is 78.1 Å². The first kappa shape index (κ1) is 21.4. The summed E-state index contributed by atoms with van der Waals surface area (Å²) in [6, 6.07) is 21.5. The largest absolute Gasteiger partial charge is 0.494 e. The Bertz CT molecular complexity index is 1130. The number of aromatic nitrogens is 1. The maximum atomic E-state index is 11.5. The molecule has 0 bridgehead atoms. The second-order valence-electron chi connectivity index (χ2n) is 7.18. The van der Waals surface area contributed by atoms with Crippen LogP contribution in [0.4, 0.5) is 0 Å². The van der Waals surface area contributed by atoms with Crippen molar-refractivity contribution >= 4 is 5.97 Å². The summed E-state index contributed by atoms with van der Waals surface area (Å²) < 4.78 is 21.7. The van der Waals surface area contributed by atoms with E-state index in [9.17, 15) is 4.79 Å². The van der Waals surface area contributed by atoms with Crippen molar-refractivity contribution in [2.75, 3.05) is 19.8 Å². The number of esters is 1. The Morgan fingerprint density at radius 1 is 0.844 bits per heavy atom. The Hall–Kier alpha value is -3.80. The summed E-state index contributed by atoms with van der Waals surface area (Å²) in [7, 11) is 0. The van der Waals surface area contributed by atoms with Gasteiger partial charge in [0.1, 0.15) is 23.0 Å². The molecule has 0 unspecified atom stereocenters. The Morgan fingerprint density at radius 3 is 2.25 bits per heavy atom. The molecule has 6 heteroatoms. The highest BCUT2D eigenvalue weighted by molar-refractivity contribution is 5.83. The molecule has 0 radical (unpaired) electrons. The number of benzene rings is 2. The van der Waals surface area contributed by atoms with Crippen LogP contribution in [0.3, 0.4) is 0 Å². The van der Waals surface area contributed by atoms with Gasteiger partial charge in [-0.3, -0.25) is 0 Å². The SMILES string of the molecule is CCOC(=O)COc1ccc(-c2noc(Cc3ccc(OCC)cc3)c3cccc2-3)cc1. The molecule has 4 rings (SSSR count). The van der Waals surface area contributed by atoms with Crippen LogP contribution < -0.4 is 9.47 Å². The first-order valence-electron chi connectivity index (χ1n) is 10.7. The average Bonchev–Trinajstić information content (AvgIpc) is 3.31. The van der Waals surface area contributed by atoms with Crippen LogP contribution in [-0.2, 0) is 16.0 Å². The second kappa shape index (κ2) is 10.0. The number of carbonyl (C=O) groups excluding carboxylic acids is 1. The molecule has 1 aliphatic carbocycles. The van der Waals surface area contributed by atoms with E-state index in [4.69, 9.17) is 18.7 Å². The molecule has 0 spiro atoms. The van der Waals surface area contributed by atoms with Crippen LogP contribution in [-0.4, -0.2) is 30.9 Å². The van der Waals surface area contributed by atoms with Gasteiger partial charge in [-0.15, -0.1) is 0 Å². The first-order chi connectivity index (χ1) is 15.7. The number of hydrogen-bond donors (Lipinski definition) is 0. The standard InChI is InChI=1S/C26H25NO5/c1-3-29-20-12-8-18(9-13-20)16-24-22-6-5-7-23(22)26(27-32-24)19-10-14-21(15-11-19)31-17-25(28)30-4-2/h5-15H,3-4,16-17H2,1-2H3. The van der Waals surface area contributed by atoms with Gasteiger partial charge in [0, 0.05) is 23.1 Å². The van der Waals surface area contributed by atoms with Gasteiger partial charge in [-0.05, 0) is 55.8 Å². The number of ether oxygens (including phenoxy) is 3. The molecule has 0 N–H and O–H groups in total. The molecule has 2 aromatic carbocycles. The van der Waals surface area contributed by atoms with Crippen LogP contribution in [0.25, 0.3) is 22.4 Å². The molecule has 0 aromatic heterocycles. The predicted molar refractivity (Wildman–Crippen MR) is 121 cm³/mol. The fraction of sp³-hybridized carbons (Fsp3) is 0.231. The quantitative estimate of drug-likeness (QED) is 0.332. The van der Waals surface area contributed by atoms with E-state index in [1.54, 1.807) is 19.1 Å². The van der Waals surface area contributed by atoms with E-state index in [1.165, 1.54) is 0 Å². The number of fused-ring (bicyclic) bond motifs is 1. The Kier molecular flexibility index (Phi) is 6.70. The van der Waals surface area contributed by atoms with Gasteiger partial charge in [0.25, 0.3) is 0 Å². The molecule has 32 heavy (non-hydrogen) atoms. The number of nitrogens with zero attached hydrogens (tertiary/aromatic N) is 1. The van der Waals surface area contributed by atoms with Gasteiger partial charge in [-0.2, -0.15) is 0 Å². The van der Waals surface area contributed by atoms with Crippen LogP contribution in [0.15, 0.2) is 71.3 Å². The summed E-state index contributed by atoms with van der Waals surface area (Å²) in [5.41, 5.74) is 4.85. The molecular weight excluding hydrogens is 406 g/mol. The van der Waals surface area contributed by atoms with Gasteiger partial charge in [-0.1, -0.05) is 35.5 Å². The molecule has 1 aliphatic heterocycles. The lowest BCUT2D eigenvalue weighted by Gasteiger charge is -2.12. The van der Waals surface area contributed by atoms with Crippen LogP contribution in [0.2, 0.25) is 0 Å². The average molecular weight is 431 g/mol. The topological polar surface area (TPSA) is 70.8 Å². The Labute approximate surface area is 187 Å². The Morgan fingerprint density at radius 2 is 1.53 bits per heavy atom. The molecule has 0 fully saturated rings. The second-order valence-corrected chi connectivity index (χ2v) is 7.18. The third-order valence-electron chi connectivity index (χ3n) is 5.01. The smallest absolute Gasteiger partial charge is 0.344 e. The molecule has 0 atom stereocenters. The van der Waals surface area contributed by atoms with E-state index in [1.807, 2.05) is 61.5 Å². The van der Waals surface area contributed by atoms with E-state index in [0.717, 1.165) is 39.5 Å². The highest BCUT2D eigenvalue weighted by Crippen LogP contribution is 2.36. The van der Waals surface area contributed by atoms with Crippen molar-refractivity contribution in [1.82, 2.24) is 5.16 Å². The minimum atomic E-state index is -0.390. The third-order valence-corrected chi connectivity index (χ3v) is 5.01. The fourth-order valence-electron chi connectivity index (χ4n) is 3.51. The lowest BCUT2D eigenvalue weighted by molar-refractivity contribution is -0.145. The minimum absolute atomic E-state index is 0.117. The molecule has 0 saturated carbocycles. The van der Waals surface area contributed by atoms with Crippen molar-refractivity contribution in [3.63, 3.8) is 0 Å². The maximum Gasteiger partial charge on any atom is 0.344 e. The van der Waals surface area contributed by atoms with Gasteiger partial charge >= 0.3 is 5.97 Å². The normalized spacial score (nSPS) is 10.8. The third kappa shape index (κ3) is 4.91. The fourth-order valence-corrected chi connectivity index (χ4v) is 3.51. The first-order valence-corrected chi connectivity index (χ1v) is 10.7. The van der Waals surface area contributed by atoms with Crippen molar-refractivity contribution < 1.29 is 23.5 Å². The molecule has 2 aliphatic rings. The lowest BCUT2D eigenvalue weighted by Crippen LogP contribution is -2.14. The zero-order valence-corrected chi connectivity index (χ0v) is 18.2. The van der Waals surface area contributed by atoms with E-state index < -0.39 is 5.97 Å². The summed E-state index contributed by atoms with van der Waals surface area (Å²) in [5.74, 6) is 1.87. The number of rotatable bonds is 9. The van der Waals surface area contributed by atoms with E-state index in [-0.39, 0.29) is 6.61 Å². The summed E-state index contributed by atoms with van der Waals surface area (Å²) in [6.45, 7) is 4.59. The molecule has 2 aromatic rings. The summed E-state index contributed by atoms with van der Waals surface area (Å²) in [4.78, 5) is 11.5. The van der Waals surface area contributed by atoms with Gasteiger partial charge < -0.3 is 18.7 Å². The van der Waals surface area contributed by atoms with Gasteiger partial charge in [0.15, 0.2) is 6.61 Å². The van der Waals surface area contributed by atoms with E-state index >= 15 is 0 Å². The number of hydrogen-bond acceptors (Lipinski definition) is 6. The van der Waals surface area contributed by atoms with Crippen molar-refractivity contribution in [1.29, 1.82) is 0 Å². The zero-order valence-electron chi connectivity index (χ0n) is 18.2. The summed E-state index contributed by atoms with van der Waals surface area (Å²) in [6.07, 6.45) is 0.640.